The van der Waals surface area contributed by atoms with Gasteiger partial charge in [-0.05, 0) is 63.1 Å². The number of nitrogens with zero attached hydrogens (tertiary/aromatic N) is 3. The van der Waals surface area contributed by atoms with E-state index in [0.29, 0.717) is 11.8 Å². The molecule has 0 saturated heterocycles. The molecule has 0 radical (unpaired) electrons. The van der Waals surface area contributed by atoms with E-state index >= 15 is 0 Å². The van der Waals surface area contributed by atoms with Gasteiger partial charge >= 0.3 is 0 Å². The fraction of sp³-hybridized carbons (Fsp3) is 0.222. The van der Waals surface area contributed by atoms with Gasteiger partial charge in [-0.3, -0.25) is 4.58 Å². The lowest BCUT2D eigenvalue weighted by Crippen LogP contribution is -2.31. The molecule has 39 heavy (non-hydrogen) atoms. The summed E-state index contributed by atoms with van der Waals surface area (Å²) >= 11 is 0. The third-order valence-corrected chi connectivity index (χ3v) is 8.08. The van der Waals surface area contributed by atoms with Crippen molar-refractivity contribution < 1.29 is 9.14 Å². The average Bonchev–Trinajstić information content (AvgIpc) is 3.46. The van der Waals surface area contributed by atoms with E-state index in [-0.39, 0.29) is 0 Å². The van der Waals surface area contributed by atoms with Gasteiger partial charge < -0.3 is 4.90 Å². The summed E-state index contributed by atoms with van der Waals surface area (Å²) in [4.78, 5) is 2.36. The Kier molecular flexibility index (Phi) is 6.31. The molecule has 0 spiro atoms. The van der Waals surface area contributed by atoms with Gasteiger partial charge in [-0.2, -0.15) is 0 Å². The number of rotatable bonds is 6. The molecule has 5 aromatic rings. The van der Waals surface area contributed by atoms with Gasteiger partial charge in [-0.1, -0.05) is 82.6 Å². The second kappa shape index (κ2) is 9.81. The molecule has 0 aliphatic carbocycles. The third-order valence-electron chi connectivity index (χ3n) is 8.08. The van der Waals surface area contributed by atoms with E-state index in [4.69, 9.17) is 0 Å². The molecule has 0 atom stereocenters. The summed E-state index contributed by atoms with van der Waals surface area (Å²) in [6.07, 6.45) is 5.36. The molecule has 3 heteroatoms. The fourth-order valence-corrected chi connectivity index (χ4v) is 6.20. The Hall–Kier alpha value is -4.24. The largest absolute Gasteiger partial charge is 0.324 e. The fourth-order valence-electron chi connectivity index (χ4n) is 6.20. The maximum Gasteiger partial charge on any atom is 0.216 e. The molecular formula is C36H37N3. The molecule has 1 aliphatic heterocycles. The highest BCUT2D eigenvalue weighted by Crippen LogP contribution is 2.35. The first-order chi connectivity index (χ1) is 18.8. The minimum Gasteiger partial charge on any atom is -0.324 e. The number of hydrogen-bond acceptors (Lipinski definition) is 1. The van der Waals surface area contributed by atoms with Crippen LogP contribution in [0.5, 0.6) is 0 Å². The van der Waals surface area contributed by atoms with Crippen molar-refractivity contribution in [2.45, 2.75) is 53.0 Å². The molecule has 4 aromatic carbocycles. The number of benzene rings is 4. The van der Waals surface area contributed by atoms with E-state index in [1.54, 1.807) is 0 Å². The molecule has 0 amide bonds. The Labute approximate surface area is 232 Å². The normalized spacial score (nSPS) is 13.7. The third kappa shape index (κ3) is 4.23. The molecule has 0 unspecified atom stereocenters. The van der Waals surface area contributed by atoms with Gasteiger partial charge in [0.2, 0.25) is 6.17 Å². The molecule has 6 rings (SSSR count). The van der Waals surface area contributed by atoms with Crippen molar-refractivity contribution in [3.63, 3.8) is 0 Å². The van der Waals surface area contributed by atoms with Crippen LogP contribution in [0.3, 0.4) is 0 Å². The molecule has 1 aliphatic rings. The van der Waals surface area contributed by atoms with E-state index in [0.717, 1.165) is 12.7 Å². The van der Waals surface area contributed by atoms with Crippen molar-refractivity contribution in [3.8, 4) is 5.69 Å². The zero-order chi connectivity index (χ0) is 27.3. The van der Waals surface area contributed by atoms with Gasteiger partial charge in [0.25, 0.3) is 0 Å². The van der Waals surface area contributed by atoms with Crippen molar-refractivity contribution in [2.24, 2.45) is 0 Å². The van der Waals surface area contributed by atoms with Gasteiger partial charge in [0.05, 0.1) is 6.72 Å². The van der Waals surface area contributed by atoms with Crippen LogP contribution >= 0.6 is 0 Å². The van der Waals surface area contributed by atoms with Gasteiger partial charge in [0.15, 0.2) is 0 Å². The van der Waals surface area contributed by atoms with Crippen molar-refractivity contribution in [1.29, 1.82) is 0 Å². The summed E-state index contributed by atoms with van der Waals surface area (Å²) in [5, 5.41) is 2.56. The molecular weight excluding hydrogens is 474 g/mol. The lowest BCUT2D eigenvalue weighted by Gasteiger charge is -2.29. The molecule has 0 N–H and O–H groups in total. The average molecular weight is 512 g/mol. The number of aromatic nitrogens is 1. The predicted molar refractivity (Wildman–Crippen MR) is 162 cm³/mol. The quantitative estimate of drug-likeness (QED) is 0.165. The lowest BCUT2D eigenvalue weighted by molar-refractivity contribution is -0.536. The van der Waals surface area contributed by atoms with E-state index in [9.17, 15) is 0 Å². The first kappa shape index (κ1) is 25.1. The Bertz CT molecular complexity index is 1650. The van der Waals surface area contributed by atoms with Gasteiger partial charge in [0.1, 0.15) is 22.9 Å². The zero-order valence-electron chi connectivity index (χ0n) is 23.6. The summed E-state index contributed by atoms with van der Waals surface area (Å²) < 4.78 is 4.39. The van der Waals surface area contributed by atoms with E-state index in [1.165, 1.54) is 55.3 Å². The monoisotopic (exact) mass is 511 g/mol. The summed E-state index contributed by atoms with van der Waals surface area (Å²) in [5.41, 5.74) is 10.3. The van der Waals surface area contributed by atoms with Crippen molar-refractivity contribution in [3.05, 3.63) is 131 Å². The van der Waals surface area contributed by atoms with E-state index in [2.05, 4.69) is 148 Å². The van der Waals surface area contributed by atoms with Crippen LogP contribution in [0.4, 0.5) is 0 Å². The molecule has 0 fully saturated rings. The Morgan fingerprint density at radius 2 is 1.56 bits per heavy atom. The number of aryl methyl sites for hydroxylation is 1. The Balaban J connectivity index is 1.41. The maximum atomic E-state index is 4.36. The lowest BCUT2D eigenvalue weighted by atomic mass is 9.88. The smallest absolute Gasteiger partial charge is 0.216 e. The summed E-state index contributed by atoms with van der Waals surface area (Å²) in [5.74, 6) is 0.939. The molecule has 0 saturated carbocycles. The first-order valence-electron chi connectivity index (χ1n) is 14.0. The Morgan fingerprint density at radius 3 is 2.28 bits per heavy atom. The van der Waals surface area contributed by atoms with Crippen LogP contribution in [-0.2, 0) is 6.54 Å². The highest BCUT2D eigenvalue weighted by atomic mass is 15.3. The number of para-hydroxylation sites is 2. The van der Waals surface area contributed by atoms with Crippen LogP contribution in [0.25, 0.3) is 27.5 Å². The topological polar surface area (TPSA) is 10.1 Å². The highest BCUT2D eigenvalue weighted by molar-refractivity contribution is 6.04. The minimum atomic E-state index is 0.469. The van der Waals surface area contributed by atoms with Gasteiger partial charge in [-0.15, -0.1) is 24.3 Å². The van der Waals surface area contributed by atoms with E-state index in [1.807, 2.05) is 4.58 Å². The standard InChI is InChI=1S/C36H37N3/c1-24(2)28-14-11-15-29(25(3)4)33(28)23-38-21-20-37(6)36(38)30-19-18-27(22-26(30)5)39-34-16-9-7-12-31(34)32-13-8-10-17-35(32)39/h7-22,24-25H,6,23H2,1-5H3. The molecule has 2 heterocycles. The molecule has 1 aromatic heterocycles. The van der Waals surface area contributed by atoms with Crippen LogP contribution in [0.15, 0.2) is 97.3 Å². The van der Waals surface area contributed by atoms with Crippen molar-refractivity contribution in [1.82, 2.24) is 4.90 Å². The predicted octanol–water partition coefficient (Wildman–Crippen LogP) is 8.08. The SMILES string of the molecule is C=[N+]1C=CN(Cc2c(C(C)C)cccc2C(C)C)[C-]1c1ccc(-[n+]2c3ccccc3c3cccc[c-]32)cc1C. The molecule has 196 valence electrons. The first-order valence-corrected chi connectivity index (χ1v) is 14.0. The van der Waals surface area contributed by atoms with Crippen LogP contribution in [0.2, 0.25) is 0 Å². The zero-order valence-corrected chi connectivity index (χ0v) is 23.6. The number of hydrogen-bond donors (Lipinski definition) is 0. The number of fused-ring (bicyclic) bond motifs is 3. The van der Waals surface area contributed by atoms with Crippen molar-refractivity contribution >= 4 is 28.5 Å². The van der Waals surface area contributed by atoms with Crippen molar-refractivity contribution in [2.75, 3.05) is 0 Å². The summed E-state index contributed by atoms with van der Waals surface area (Å²) in [6.45, 7) is 16.6. The van der Waals surface area contributed by atoms with Crippen LogP contribution in [0.1, 0.15) is 67.3 Å². The second-order valence-corrected chi connectivity index (χ2v) is 11.3. The second-order valence-electron chi connectivity index (χ2n) is 11.3. The molecule has 0 bridgehead atoms. The summed E-state index contributed by atoms with van der Waals surface area (Å²) in [6, 6.07) is 31.0. The van der Waals surface area contributed by atoms with Crippen LogP contribution in [0, 0.1) is 13.1 Å². The van der Waals surface area contributed by atoms with E-state index < -0.39 is 0 Å². The maximum absolute atomic E-state index is 4.36. The Morgan fingerprint density at radius 1 is 0.846 bits per heavy atom. The van der Waals surface area contributed by atoms with Crippen LogP contribution in [-0.4, -0.2) is 16.2 Å². The van der Waals surface area contributed by atoms with Gasteiger partial charge in [-0.25, -0.2) is 4.57 Å². The highest BCUT2D eigenvalue weighted by Gasteiger charge is 2.30. The minimum absolute atomic E-state index is 0.469. The van der Waals surface area contributed by atoms with Crippen LogP contribution < -0.4 is 4.57 Å². The summed E-state index contributed by atoms with van der Waals surface area (Å²) in [7, 11) is 0. The van der Waals surface area contributed by atoms with Gasteiger partial charge in [0, 0.05) is 12.7 Å². The molecule has 3 nitrogen and oxygen atoms in total.